The Morgan fingerprint density at radius 3 is 2.00 bits per heavy atom. The summed E-state index contributed by atoms with van der Waals surface area (Å²) in [6.45, 7) is 0. The van der Waals surface area contributed by atoms with Gasteiger partial charge in [-0.2, -0.15) is 13.2 Å². The standard InChI is InChI=1S/C13H5BrF6O/c14-11-7(15)2-1-3-10(11)21-12-8(16)4-6(5-9(12)17)13(18,19)20/h1-5H. The molecule has 0 bridgehead atoms. The summed E-state index contributed by atoms with van der Waals surface area (Å²) in [7, 11) is 0. The van der Waals surface area contributed by atoms with Gasteiger partial charge < -0.3 is 4.74 Å². The Labute approximate surface area is 123 Å². The van der Waals surface area contributed by atoms with Crippen LogP contribution in [0.15, 0.2) is 34.8 Å². The fraction of sp³-hybridized carbons (Fsp3) is 0.0769. The van der Waals surface area contributed by atoms with Crippen LogP contribution in [0.3, 0.4) is 0 Å². The molecule has 0 aromatic heterocycles. The third kappa shape index (κ3) is 3.31. The Bertz CT molecular complexity index is 660. The minimum Gasteiger partial charge on any atom is -0.450 e. The number of benzene rings is 2. The topological polar surface area (TPSA) is 9.23 Å². The smallest absolute Gasteiger partial charge is 0.416 e. The number of rotatable bonds is 2. The van der Waals surface area contributed by atoms with Crippen molar-refractivity contribution in [3.8, 4) is 11.5 Å². The van der Waals surface area contributed by atoms with Crippen molar-refractivity contribution in [3.05, 3.63) is 57.8 Å². The molecule has 2 rings (SSSR count). The first-order valence-corrected chi connectivity index (χ1v) is 6.17. The van der Waals surface area contributed by atoms with Crippen LogP contribution < -0.4 is 4.74 Å². The Morgan fingerprint density at radius 1 is 0.905 bits per heavy atom. The quantitative estimate of drug-likeness (QED) is 0.618. The number of ether oxygens (including phenoxy) is 1. The summed E-state index contributed by atoms with van der Waals surface area (Å²) >= 11 is 2.81. The van der Waals surface area contributed by atoms with Gasteiger partial charge in [0.25, 0.3) is 0 Å². The molecule has 1 nitrogen and oxygen atoms in total. The van der Waals surface area contributed by atoms with Gasteiger partial charge in [-0.25, -0.2) is 13.2 Å². The minimum atomic E-state index is -4.89. The van der Waals surface area contributed by atoms with Crippen molar-refractivity contribution in [2.75, 3.05) is 0 Å². The molecule has 0 N–H and O–H groups in total. The van der Waals surface area contributed by atoms with Crippen molar-refractivity contribution in [2.45, 2.75) is 6.18 Å². The zero-order valence-electron chi connectivity index (χ0n) is 9.94. The largest absolute Gasteiger partial charge is 0.450 e. The molecule has 2 aromatic carbocycles. The second kappa shape index (κ2) is 5.59. The van der Waals surface area contributed by atoms with Crippen LogP contribution in [0.1, 0.15) is 5.56 Å². The average molecular weight is 371 g/mol. The molecular formula is C13H5BrF6O. The predicted molar refractivity (Wildman–Crippen MR) is 65.5 cm³/mol. The summed E-state index contributed by atoms with van der Waals surface area (Å²) < 4.78 is 82.2. The minimum absolute atomic E-state index is 0.103. The highest BCUT2D eigenvalue weighted by atomic mass is 79.9. The van der Waals surface area contributed by atoms with E-state index in [1.165, 1.54) is 12.1 Å². The first-order valence-electron chi connectivity index (χ1n) is 5.38. The first-order chi connectivity index (χ1) is 9.70. The average Bonchev–Trinajstić information content (AvgIpc) is 2.37. The van der Waals surface area contributed by atoms with Crippen LogP contribution >= 0.6 is 15.9 Å². The molecule has 0 radical (unpaired) electrons. The Balaban J connectivity index is 2.44. The van der Waals surface area contributed by atoms with Crippen LogP contribution in [0.2, 0.25) is 0 Å². The van der Waals surface area contributed by atoms with E-state index in [0.717, 1.165) is 6.07 Å². The predicted octanol–water partition coefficient (Wildman–Crippen LogP) is 5.68. The van der Waals surface area contributed by atoms with Crippen LogP contribution in [0.5, 0.6) is 11.5 Å². The van der Waals surface area contributed by atoms with Gasteiger partial charge in [-0.15, -0.1) is 0 Å². The first kappa shape index (κ1) is 15.7. The third-order valence-corrected chi connectivity index (χ3v) is 3.22. The molecule has 112 valence electrons. The van der Waals surface area contributed by atoms with Gasteiger partial charge in [0.05, 0.1) is 10.0 Å². The zero-order valence-corrected chi connectivity index (χ0v) is 11.5. The molecule has 0 spiro atoms. The van der Waals surface area contributed by atoms with Gasteiger partial charge in [0.1, 0.15) is 11.6 Å². The van der Waals surface area contributed by atoms with Crippen LogP contribution in [0, 0.1) is 17.5 Å². The van der Waals surface area contributed by atoms with Crippen molar-refractivity contribution in [3.63, 3.8) is 0 Å². The maximum Gasteiger partial charge on any atom is 0.416 e. The van der Waals surface area contributed by atoms with Gasteiger partial charge in [-0.05, 0) is 40.2 Å². The number of halogens is 7. The van der Waals surface area contributed by atoms with Crippen LogP contribution in [-0.4, -0.2) is 0 Å². The summed E-state index contributed by atoms with van der Waals surface area (Å²) in [6, 6.07) is 3.69. The van der Waals surface area contributed by atoms with Crippen LogP contribution in [0.25, 0.3) is 0 Å². The lowest BCUT2D eigenvalue weighted by Crippen LogP contribution is -2.07. The second-order valence-corrected chi connectivity index (χ2v) is 4.71. The van der Waals surface area contributed by atoms with E-state index in [-0.39, 0.29) is 22.4 Å². The van der Waals surface area contributed by atoms with Crippen molar-refractivity contribution in [2.24, 2.45) is 0 Å². The fourth-order valence-electron chi connectivity index (χ4n) is 1.49. The van der Waals surface area contributed by atoms with E-state index in [1.807, 2.05) is 0 Å². The highest BCUT2D eigenvalue weighted by Crippen LogP contribution is 2.37. The van der Waals surface area contributed by atoms with Crippen LogP contribution in [0.4, 0.5) is 26.3 Å². The second-order valence-electron chi connectivity index (χ2n) is 3.92. The number of hydrogen-bond acceptors (Lipinski definition) is 1. The fourth-order valence-corrected chi connectivity index (χ4v) is 1.84. The molecule has 0 aliphatic heterocycles. The summed E-state index contributed by atoms with van der Waals surface area (Å²) in [5.41, 5.74) is -1.48. The Kier molecular flexibility index (Phi) is 4.18. The molecule has 0 saturated carbocycles. The molecule has 0 unspecified atom stereocenters. The molecule has 0 atom stereocenters. The molecule has 0 aliphatic rings. The lowest BCUT2D eigenvalue weighted by molar-refractivity contribution is -0.138. The van der Waals surface area contributed by atoms with Gasteiger partial charge >= 0.3 is 6.18 Å². The van der Waals surface area contributed by atoms with E-state index in [1.54, 1.807) is 0 Å². The van der Waals surface area contributed by atoms with Crippen LogP contribution in [-0.2, 0) is 6.18 Å². The SMILES string of the molecule is Fc1cccc(Oc2c(F)cc(C(F)(F)F)cc2F)c1Br. The maximum atomic E-state index is 13.6. The molecule has 8 heteroatoms. The van der Waals surface area contributed by atoms with Crippen molar-refractivity contribution >= 4 is 15.9 Å². The van der Waals surface area contributed by atoms with E-state index < -0.39 is 34.9 Å². The van der Waals surface area contributed by atoms with Gasteiger partial charge in [-0.1, -0.05) is 6.07 Å². The van der Waals surface area contributed by atoms with Crippen molar-refractivity contribution in [1.82, 2.24) is 0 Å². The summed E-state index contributed by atoms with van der Waals surface area (Å²) in [5, 5.41) is 0. The maximum absolute atomic E-state index is 13.6. The Hall–Kier alpha value is -1.70. The number of hydrogen-bond donors (Lipinski definition) is 0. The summed E-state index contributed by atoms with van der Waals surface area (Å²) in [4.78, 5) is 0. The summed E-state index contributed by atoms with van der Waals surface area (Å²) in [6.07, 6.45) is -4.89. The van der Waals surface area contributed by atoms with Crippen molar-refractivity contribution < 1.29 is 31.1 Å². The molecule has 0 saturated heterocycles. The van der Waals surface area contributed by atoms with Crippen molar-refractivity contribution in [1.29, 1.82) is 0 Å². The third-order valence-electron chi connectivity index (χ3n) is 2.45. The Morgan fingerprint density at radius 2 is 1.48 bits per heavy atom. The highest BCUT2D eigenvalue weighted by molar-refractivity contribution is 9.10. The molecule has 21 heavy (non-hydrogen) atoms. The van der Waals surface area contributed by atoms with Gasteiger partial charge in [-0.3, -0.25) is 0 Å². The van der Waals surface area contributed by atoms with Gasteiger partial charge in [0.15, 0.2) is 17.4 Å². The van der Waals surface area contributed by atoms with Gasteiger partial charge in [0, 0.05) is 0 Å². The highest BCUT2D eigenvalue weighted by Gasteiger charge is 2.33. The van der Waals surface area contributed by atoms with Gasteiger partial charge in [0.2, 0.25) is 0 Å². The van der Waals surface area contributed by atoms with E-state index >= 15 is 0 Å². The monoisotopic (exact) mass is 370 g/mol. The van der Waals surface area contributed by atoms with E-state index in [2.05, 4.69) is 15.9 Å². The molecular weight excluding hydrogens is 366 g/mol. The molecule has 2 aromatic rings. The molecule has 0 fully saturated rings. The molecule has 0 heterocycles. The molecule has 0 amide bonds. The lowest BCUT2D eigenvalue weighted by Gasteiger charge is -2.12. The lowest BCUT2D eigenvalue weighted by atomic mass is 10.2. The normalized spacial score (nSPS) is 11.6. The van der Waals surface area contributed by atoms with E-state index in [4.69, 9.17) is 4.74 Å². The molecule has 0 aliphatic carbocycles. The number of alkyl halides is 3. The van der Waals surface area contributed by atoms with E-state index in [0.29, 0.717) is 0 Å². The summed E-state index contributed by atoms with van der Waals surface area (Å²) in [5.74, 6) is -5.15. The van der Waals surface area contributed by atoms with E-state index in [9.17, 15) is 26.3 Å². The zero-order chi connectivity index (χ0) is 15.8.